The largest absolute Gasteiger partial charge is 0.455 e. The topological polar surface area (TPSA) is 44.1 Å². The van der Waals surface area contributed by atoms with Crippen LogP contribution in [0.1, 0.15) is 30.0 Å². The molecule has 1 aliphatic heterocycles. The number of aromatic nitrogens is 2. The van der Waals surface area contributed by atoms with Gasteiger partial charge in [0, 0.05) is 12.1 Å². The number of carbonyl (C=O) groups is 1. The molecular weight excluding hydrogens is 228 g/mol. The summed E-state index contributed by atoms with van der Waals surface area (Å²) in [5.41, 5.74) is 1.79. The van der Waals surface area contributed by atoms with Gasteiger partial charge < -0.3 is 4.74 Å². The second-order valence-corrected chi connectivity index (χ2v) is 5.07. The van der Waals surface area contributed by atoms with Crippen molar-refractivity contribution in [1.29, 1.82) is 0 Å². The van der Waals surface area contributed by atoms with Crippen LogP contribution < -0.4 is 0 Å². The zero-order valence-corrected chi connectivity index (χ0v) is 10.4. The van der Waals surface area contributed by atoms with E-state index in [0.29, 0.717) is 12.1 Å². The summed E-state index contributed by atoms with van der Waals surface area (Å²) < 4.78 is 7.21. The van der Waals surface area contributed by atoms with E-state index in [9.17, 15) is 4.79 Å². The lowest BCUT2D eigenvalue weighted by atomic mass is 9.98. The van der Waals surface area contributed by atoms with E-state index >= 15 is 0 Å². The van der Waals surface area contributed by atoms with Crippen LogP contribution in [0, 0.1) is 0 Å². The lowest BCUT2D eigenvalue weighted by Crippen LogP contribution is -2.36. The van der Waals surface area contributed by atoms with Gasteiger partial charge in [-0.15, -0.1) is 0 Å². The fourth-order valence-electron chi connectivity index (χ4n) is 2.25. The molecule has 0 spiro atoms. The van der Waals surface area contributed by atoms with Gasteiger partial charge in [-0.05, 0) is 26.0 Å². The molecule has 92 valence electrons. The van der Waals surface area contributed by atoms with Crippen molar-refractivity contribution in [1.82, 2.24) is 9.55 Å². The molecule has 0 fully saturated rings. The van der Waals surface area contributed by atoms with Gasteiger partial charge in [-0.3, -0.25) is 4.57 Å². The highest BCUT2D eigenvalue weighted by Crippen LogP contribution is 2.28. The first-order valence-corrected chi connectivity index (χ1v) is 5.92. The lowest BCUT2D eigenvalue weighted by Gasteiger charge is -2.29. The van der Waals surface area contributed by atoms with Crippen molar-refractivity contribution >= 4 is 5.97 Å². The number of ether oxygens (including phenoxy) is 1. The first-order valence-electron chi connectivity index (χ1n) is 5.92. The molecule has 1 aromatic carbocycles. The molecule has 18 heavy (non-hydrogen) atoms. The predicted molar refractivity (Wildman–Crippen MR) is 66.8 cm³/mol. The van der Waals surface area contributed by atoms with Crippen molar-refractivity contribution in [3.8, 4) is 5.69 Å². The van der Waals surface area contributed by atoms with Gasteiger partial charge in [-0.25, -0.2) is 9.78 Å². The monoisotopic (exact) mass is 242 g/mol. The molecule has 4 nitrogen and oxygen atoms in total. The molecular formula is C14H14N2O2. The SMILES string of the molecule is CC1(C)Cc2ncn(-c3ccccc3)c2C(=O)O1. The maximum atomic E-state index is 12.1. The molecule has 0 saturated carbocycles. The smallest absolute Gasteiger partial charge is 0.357 e. The standard InChI is InChI=1S/C14H14N2O2/c1-14(2)8-11-12(13(17)18-14)16(9-15-11)10-6-4-3-5-7-10/h3-7,9H,8H2,1-2H3. The van der Waals surface area contributed by atoms with E-state index in [4.69, 9.17) is 4.74 Å². The number of benzene rings is 1. The number of esters is 1. The molecule has 0 saturated heterocycles. The highest BCUT2D eigenvalue weighted by Gasteiger charge is 2.36. The summed E-state index contributed by atoms with van der Waals surface area (Å²) in [5, 5.41) is 0. The van der Waals surface area contributed by atoms with Crippen molar-refractivity contribution in [2.45, 2.75) is 25.9 Å². The number of imidazole rings is 1. The first kappa shape index (κ1) is 11.0. The number of nitrogens with zero attached hydrogens (tertiary/aromatic N) is 2. The second-order valence-electron chi connectivity index (χ2n) is 5.07. The van der Waals surface area contributed by atoms with Gasteiger partial charge in [0.2, 0.25) is 0 Å². The van der Waals surface area contributed by atoms with Gasteiger partial charge >= 0.3 is 5.97 Å². The molecule has 0 atom stereocenters. The number of hydrogen-bond acceptors (Lipinski definition) is 3. The third kappa shape index (κ3) is 1.70. The van der Waals surface area contributed by atoms with E-state index in [1.165, 1.54) is 0 Å². The minimum Gasteiger partial charge on any atom is -0.455 e. The molecule has 4 heteroatoms. The number of rotatable bonds is 1. The van der Waals surface area contributed by atoms with Gasteiger partial charge in [-0.2, -0.15) is 0 Å². The number of fused-ring (bicyclic) bond motifs is 1. The maximum Gasteiger partial charge on any atom is 0.357 e. The zero-order chi connectivity index (χ0) is 12.8. The summed E-state index contributed by atoms with van der Waals surface area (Å²) in [6.45, 7) is 3.80. The summed E-state index contributed by atoms with van der Waals surface area (Å²) >= 11 is 0. The van der Waals surface area contributed by atoms with Crippen LogP contribution in [0.5, 0.6) is 0 Å². The molecule has 3 rings (SSSR count). The van der Waals surface area contributed by atoms with Crippen LogP contribution in [-0.2, 0) is 11.2 Å². The molecule has 1 aliphatic rings. The van der Waals surface area contributed by atoms with E-state index in [0.717, 1.165) is 11.4 Å². The van der Waals surface area contributed by atoms with E-state index < -0.39 is 5.60 Å². The van der Waals surface area contributed by atoms with E-state index in [1.807, 2.05) is 44.2 Å². The van der Waals surface area contributed by atoms with Crippen LogP contribution in [0.3, 0.4) is 0 Å². The molecule has 0 aliphatic carbocycles. The van der Waals surface area contributed by atoms with Gasteiger partial charge in [0.1, 0.15) is 11.9 Å². The molecule has 2 aromatic rings. The van der Waals surface area contributed by atoms with Crippen LogP contribution in [0.25, 0.3) is 5.69 Å². The minimum atomic E-state index is -0.472. The zero-order valence-electron chi connectivity index (χ0n) is 10.4. The second kappa shape index (κ2) is 3.70. The summed E-state index contributed by atoms with van der Waals surface area (Å²) in [5.74, 6) is -0.303. The van der Waals surface area contributed by atoms with Crippen molar-refractivity contribution in [3.05, 3.63) is 48.0 Å². The Bertz CT molecular complexity index is 600. The highest BCUT2D eigenvalue weighted by molar-refractivity contribution is 5.91. The number of cyclic esters (lactones) is 1. The average molecular weight is 242 g/mol. The molecule has 0 unspecified atom stereocenters. The van der Waals surface area contributed by atoms with Gasteiger partial charge in [0.25, 0.3) is 0 Å². The third-order valence-electron chi connectivity index (χ3n) is 3.03. The van der Waals surface area contributed by atoms with E-state index in [2.05, 4.69) is 4.98 Å². The first-order chi connectivity index (χ1) is 8.57. The van der Waals surface area contributed by atoms with Gasteiger partial charge in [0.15, 0.2) is 5.69 Å². The number of para-hydroxylation sites is 1. The Balaban J connectivity index is 2.12. The van der Waals surface area contributed by atoms with E-state index in [-0.39, 0.29) is 5.97 Å². The van der Waals surface area contributed by atoms with Crippen molar-refractivity contribution in [3.63, 3.8) is 0 Å². The third-order valence-corrected chi connectivity index (χ3v) is 3.03. The van der Waals surface area contributed by atoms with Crippen LogP contribution in [-0.4, -0.2) is 21.1 Å². The summed E-state index contributed by atoms with van der Waals surface area (Å²) in [6.07, 6.45) is 2.33. The quantitative estimate of drug-likeness (QED) is 0.721. The van der Waals surface area contributed by atoms with Crippen LogP contribution in [0.15, 0.2) is 36.7 Å². The van der Waals surface area contributed by atoms with E-state index in [1.54, 1.807) is 10.9 Å². The van der Waals surface area contributed by atoms with Crippen LogP contribution >= 0.6 is 0 Å². The summed E-state index contributed by atoms with van der Waals surface area (Å²) in [7, 11) is 0. The molecule has 0 radical (unpaired) electrons. The van der Waals surface area contributed by atoms with Crippen molar-refractivity contribution in [2.75, 3.05) is 0 Å². The molecule has 2 heterocycles. The maximum absolute atomic E-state index is 12.1. The predicted octanol–water partition coefficient (Wildman–Crippen LogP) is 2.36. The fourth-order valence-corrected chi connectivity index (χ4v) is 2.25. The molecule has 0 N–H and O–H groups in total. The molecule has 1 aromatic heterocycles. The Kier molecular flexibility index (Phi) is 2.26. The Labute approximate surface area is 105 Å². The molecule has 0 bridgehead atoms. The van der Waals surface area contributed by atoms with Crippen molar-refractivity contribution < 1.29 is 9.53 Å². The molecule has 0 amide bonds. The number of carbonyl (C=O) groups excluding carboxylic acids is 1. The Morgan fingerprint density at radius 3 is 2.72 bits per heavy atom. The Morgan fingerprint density at radius 1 is 1.28 bits per heavy atom. The lowest BCUT2D eigenvalue weighted by molar-refractivity contribution is -0.00795. The van der Waals surface area contributed by atoms with Crippen molar-refractivity contribution in [2.24, 2.45) is 0 Å². The number of hydrogen-bond donors (Lipinski definition) is 0. The van der Waals surface area contributed by atoms with Gasteiger partial charge in [-0.1, -0.05) is 18.2 Å². The summed E-state index contributed by atoms with van der Waals surface area (Å²) in [4.78, 5) is 16.4. The Hall–Kier alpha value is -2.10. The average Bonchev–Trinajstić information content (AvgIpc) is 2.72. The minimum absolute atomic E-state index is 0.303. The van der Waals surface area contributed by atoms with Gasteiger partial charge in [0.05, 0.1) is 5.69 Å². The van der Waals surface area contributed by atoms with Crippen LogP contribution in [0.2, 0.25) is 0 Å². The highest BCUT2D eigenvalue weighted by atomic mass is 16.6. The summed E-state index contributed by atoms with van der Waals surface area (Å²) in [6, 6.07) is 9.68. The fraction of sp³-hybridized carbons (Fsp3) is 0.286. The normalized spacial score (nSPS) is 17.1. The Morgan fingerprint density at radius 2 is 2.00 bits per heavy atom. The van der Waals surface area contributed by atoms with Crippen LogP contribution in [0.4, 0.5) is 0 Å².